The Labute approximate surface area is 183 Å². The van der Waals surface area contributed by atoms with Gasteiger partial charge in [-0.3, -0.25) is 9.00 Å². The van der Waals surface area contributed by atoms with Crippen molar-refractivity contribution in [1.82, 2.24) is 4.90 Å². The van der Waals surface area contributed by atoms with Crippen LogP contribution in [0.5, 0.6) is 0 Å². The molecule has 5 nitrogen and oxygen atoms in total. The summed E-state index contributed by atoms with van der Waals surface area (Å²) in [5.74, 6) is 0.979. The second-order valence-corrected chi connectivity index (χ2v) is 9.13. The third-order valence-corrected chi connectivity index (χ3v) is 6.99. The van der Waals surface area contributed by atoms with E-state index in [1.165, 1.54) is 0 Å². The molecule has 0 radical (unpaired) electrons. The van der Waals surface area contributed by atoms with Crippen molar-refractivity contribution >= 4 is 34.0 Å². The molecule has 1 fully saturated rings. The van der Waals surface area contributed by atoms with Crippen LogP contribution in [0, 0.1) is 6.92 Å². The Morgan fingerprint density at radius 3 is 2.40 bits per heavy atom. The fourth-order valence-corrected chi connectivity index (χ4v) is 4.92. The minimum absolute atomic E-state index is 0.126. The van der Waals surface area contributed by atoms with Crippen LogP contribution in [0.2, 0.25) is 5.02 Å². The first kappa shape index (κ1) is 20.7. The normalized spacial score (nSPS) is 15.3. The summed E-state index contributed by atoms with van der Waals surface area (Å²) in [5, 5.41) is 0.713. The summed E-state index contributed by atoms with van der Waals surface area (Å²) in [6.45, 7) is 4.67. The number of hydrogen-bond acceptors (Lipinski definition) is 4. The molecular formula is C23H23ClN2O3S. The SMILES string of the molecule is Cc1ccccc1[S@@](=O)Cc1ccc(C(=O)N2CCN(c3ccc(Cl)cc3)CC2)o1. The van der Waals surface area contributed by atoms with Gasteiger partial charge in [0, 0.05) is 41.8 Å². The first-order valence-corrected chi connectivity index (χ1v) is 11.5. The maximum absolute atomic E-state index is 12.8. The van der Waals surface area contributed by atoms with Gasteiger partial charge in [-0.2, -0.15) is 0 Å². The van der Waals surface area contributed by atoms with Gasteiger partial charge in [0.15, 0.2) is 5.76 Å². The number of carbonyl (C=O) groups excluding carboxylic acids is 1. The molecule has 0 unspecified atom stereocenters. The number of furan rings is 1. The zero-order chi connectivity index (χ0) is 21.1. The molecule has 1 aliphatic heterocycles. The molecule has 4 rings (SSSR count). The van der Waals surface area contributed by atoms with Crippen molar-refractivity contribution in [3.05, 3.63) is 82.8 Å². The maximum Gasteiger partial charge on any atom is 0.289 e. The lowest BCUT2D eigenvalue weighted by Gasteiger charge is -2.35. The molecule has 30 heavy (non-hydrogen) atoms. The van der Waals surface area contributed by atoms with E-state index < -0.39 is 10.8 Å². The lowest BCUT2D eigenvalue weighted by atomic mass is 10.2. The zero-order valence-electron chi connectivity index (χ0n) is 16.7. The summed E-state index contributed by atoms with van der Waals surface area (Å²) in [6, 6.07) is 18.8. The van der Waals surface area contributed by atoms with Crippen LogP contribution in [0.4, 0.5) is 5.69 Å². The Hall–Kier alpha value is -2.57. The number of rotatable bonds is 5. The zero-order valence-corrected chi connectivity index (χ0v) is 18.3. The summed E-state index contributed by atoms with van der Waals surface area (Å²) in [7, 11) is -1.21. The van der Waals surface area contributed by atoms with Gasteiger partial charge in [0.05, 0.1) is 16.6 Å². The number of amides is 1. The van der Waals surface area contributed by atoms with E-state index >= 15 is 0 Å². The number of carbonyl (C=O) groups is 1. The first-order valence-electron chi connectivity index (χ1n) is 9.84. The number of nitrogens with zero attached hydrogens (tertiary/aromatic N) is 2. The predicted molar refractivity (Wildman–Crippen MR) is 120 cm³/mol. The highest BCUT2D eigenvalue weighted by Gasteiger charge is 2.24. The molecule has 3 aromatic rings. The fraction of sp³-hybridized carbons (Fsp3) is 0.261. The third-order valence-electron chi connectivity index (χ3n) is 5.24. The molecule has 0 spiro atoms. The van der Waals surface area contributed by atoms with Gasteiger partial charge < -0.3 is 14.2 Å². The smallest absolute Gasteiger partial charge is 0.289 e. The van der Waals surface area contributed by atoms with Crippen LogP contribution < -0.4 is 4.90 Å². The van der Waals surface area contributed by atoms with Crippen molar-refractivity contribution in [1.29, 1.82) is 0 Å². The number of halogens is 1. The van der Waals surface area contributed by atoms with Crippen LogP contribution in [0.25, 0.3) is 0 Å². The Bertz CT molecular complexity index is 1060. The fourth-order valence-electron chi connectivity index (χ4n) is 3.56. The summed E-state index contributed by atoms with van der Waals surface area (Å²) in [5.41, 5.74) is 2.09. The van der Waals surface area contributed by atoms with Gasteiger partial charge in [-0.1, -0.05) is 29.8 Å². The Kier molecular flexibility index (Phi) is 6.25. The number of piperazine rings is 1. The Morgan fingerprint density at radius 1 is 1.00 bits per heavy atom. The minimum atomic E-state index is -1.21. The van der Waals surface area contributed by atoms with Gasteiger partial charge in [0.1, 0.15) is 5.76 Å². The lowest BCUT2D eigenvalue weighted by Crippen LogP contribution is -2.48. The highest BCUT2D eigenvalue weighted by atomic mass is 35.5. The first-order chi connectivity index (χ1) is 14.5. The molecule has 0 aliphatic carbocycles. The van der Waals surface area contributed by atoms with E-state index in [-0.39, 0.29) is 11.7 Å². The van der Waals surface area contributed by atoms with Gasteiger partial charge in [-0.25, -0.2) is 0 Å². The largest absolute Gasteiger partial charge is 0.455 e. The minimum Gasteiger partial charge on any atom is -0.455 e. The number of anilines is 1. The number of hydrogen-bond donors (Lipinski definition) is 0. The second-order valence-electron chi connectivity index (χ2n) is 7.28. The van der Waals surface area contributed by atoms with E-state index in [9.17, 15) is 9.00 Å². The van der Waals surface area contributed by atoms with E-state index in [0.717, 1.165) is 29.2 Å². The molecule has 1 atom stereocenters. The number of aryl methyl sites for hydroxylation is 1. The second kappa shape index (κ2) is 9.06. The van der Waals surface area contributed by atoms with Gasteiger partial charge in [-0.05, 0) is 55.0 Å². The van der Waals surface area contributed by atoms with Crippen molar-refractivity contribution in [2.75, 3.05) is 31.1 Å². The molecule has 1 amide bonds. The molecule has 0 N–H and O–H groups in total. The Balaban J connectivity index is 1.36. The van der Waals surface area contributed by atoms with E-state index in [4.69, 9.17) is 16.0 Å². The molecule has 2 aromatic carbocycles. The topological polar surface area (TPSA) is 53.8 Å². The lowest BCUT2D eigenvalue weighted by molar-refractivity contribution is 0.0713. The van der Waals surface area contributed by atoms with E-state index in [2.05, 4.69) is 4.90 Å². The van der Waals surface area contributed by atoms with Crippen LogP contribution in [0.3, 0.4) is 0 Å². The van der Waals surface area contributed by atoms with Crippen molar-refractivity contribution in [3.63, 3.8) is 0 Å². The van der Waals surface area contributed by atoms with Crippen molar-refractivity contribution in [2.24, 2.45) is 0 Å². The third kappa shape index (κ3) is 4.60. The maximum atomic E-state index is 12.8. The molecular weight excluding hydrogens is 420 g/mol. The van der Waals surface area contributed by atoms with Crippen LogP contribution in [-0.4, -0.2) is 41.2 Å². The molecule has 0 saturated carbocycles. The van der Waals surface area contributed by atoms with Crippen LogP contribution >= 0.6 is 11.6 Å². The highest BCUT2D eigenvalue weighted by Crippen LogP contribution is 2.22. The van der Waals surface area contributed by atoms with Gasteiger partial charge in [0.2, 0.25) is 0 Å². The molecule has 2 heterocycles. The van der Waals surface area contributed by atoms with Gasteiger partial charge in [-0.15, -0.1) is 0 Å². The summed E-state index contributed by atoms with van der Waals surface area (Å²) >= 11 is 5.96. The molecule has 0 bridgehead atoms. The summed E-state index contributed by atoms with van der Waals surface area (Å²) in [6.07, 6.45) is 0. The van der Waals surface area contributed by atoms with Crippen molar-refractivity contribution < 1.29 is 13.4 Å². The highest BCUT2D eigenvalue weighted by molar-refractivity contribution is 7.84. The number of benzene rings is 2. The molecule has 1 saturated heterocycles. The standard InChI is InChI=1S/C23H23ClN2O3S/c1-17-4-2-3-5-22(17)30(28)16-20-10-11-21(29-20)23(27)26-14-12-25(13-15-26)19-8-6-18(24)7-9-19/h2-11H,12-16H2,1H3/t30-/m0/s1. The van der Waals surface area contributed by atoms with Crippen molar-refractivity contribution in [2.45, 2.75) is 17.6 Å². The average molecular weight is 443 g/mol. The van der Waals surface area contributed by atoms with Gasteiger partial charge in [0.25, 0.3) is 5.91 Å². The average Bonchev–Trinajstić information content (AvgIpc) is 3.22. The van der Waals surface area contributed by atoms with Gasteiger partial charge >= 0.3 is 0 Å². The summed E-state index contributed by atoms with van der Waals surface area (Å²) in [4.78, 5) is 17.7. The quantitative estimate of drug-likeness (QED) is 0.583. The van der Waals surface area contributed by atoms with Crippen LogP contribution in [0.1, 0.15) is 21.9 Å². The van der Waals surface area contributed by atoms with Crippen LogP contribution in [0.15, 0.2) is 70.0 Å². The molecule has 1 aliphatic rings. The van der Waals surface area contributed by atoms with E-state index in [1.54, 1.807) is 17.0 Å². The monoisotopic (exact) mass is 442 g/mol. The molecule has 1 aromatic heterocycles. The van der Waals surface area contributed by atoms with Crippen LogP contribution in [-0.2, 0) is 16.6 Å². The van der Waals surface area contributed by atoms with E-state index in [0.29, 0.717) is 29.6 Å². The predicted octanol–water partition coefficient (Wildman–Crippen LogP) is 4.51. The summed E-state index contributed by atoms with van der Waals surface area (Å²) < 4.78 is 18.4. The molecule has 7 heteroatoms. The van der Waals surface area contributed by atoms with E-state index in [1.807, 2.05) is 55.5 Å². The molecule has 156 valence electrons. The Morgan fingerprint density at radius 2 is 1.70 bits per heavy atom. The van der Waals surface area contributed by atoms with Crippen molar-refractivity contribution in [3.8, 4) is 0 Å².